The summed E-state index contributed by atoms with van der Waals surface area (Å²) in [4.78, 5) is 4.69. The topological polar surface area (TPSA) is 27.7 Å². The number of hydrogen-bond donors (Lipinski definition) is 1. The fourth-order valence-electron chi connectivity index (χ4n) is 3.34. The Morgan fingerprint density at radius 3 is 2.46 bits per heavy atom. The molecule has 4 nitrogen and oxygen atoms in total. The van der Waals surface area contributed by atoms with Crippen LogP contribution in [0.25, 0.3) is 0 Å². The summed E-state index contributed by atoms with van der Waals surface area (Å²) in [5.74, 6) is 0.812. The molecule has 1 fully saturated rings. The van der Waals surface area contributed by atoms with Crippen LogP contribution >= 0.6 is 12.2 Å². The maximum atomic E-state index is 5.65. The van der Waals surface area contributed by atoms with E-state index in [4.69, 9.17) is 17.0 Å². The molecule has 0 unspecified atom stereocenters. The Hall–Kier alpha value is -2.27. The van der Waals surface area contributed by atoms with E-state index in [0.717, 1.165) is 42.7 Å². The van der Waals surface area contributed by atoms with Gasteiger partial charge in [-0.3, -0.25) is 0 Å². The minimum absolute atomic E-state index is 0.759. The van der Waals surface area contributed by atoms with Crippen LogP contribution in [0.5, 0.6) is 5.75 Å². The first-order chi connectivity index (χ1) is 12.5. The van der Waals surface area contributed by atoms with Crippen molar-refractivity contribution in [2.24, 2.45) is 0 Å². The van der Waals surface area contributed by atoms with E-state index in [1.165, 1.54) is 22.4 Å². The van der Waals surface area contributed by atoms with Crippen LogP contribution in [0.3, 0.4) is 0 Å². The lowest BCUT2D eigenvalue weighted by molar-refractivity contribution is 0.390. The van der Waals surface area contributed by atoms with Gasteiger partial charge in [-0.1, -0.05) is 18.2 Å². The summed E-state index contributed by atoms with van der Waals surface area (Å²) in [5, 5.41) is 4.12. The van der Waals surface area contributed by atoms with E-state index in [0.29, 0.717) is 0 Å². The number of ether oxygens (including phenoxy) is 1. The quantitative estimate of drug-likeness (QED) is 0.821. The third kappa shape index (κ3) is 3.93. The molecule has 2 aromatic rings. The van der Waals surface area contributed by atoms with Gasteiger partial charge in [-0.25, -0.2) is 0 Å². The lowest BCUT2D eigenvalue weighted by Crippen LogP contribution is -2.50. The molecule has 2 aromatic carbocycles. The van der Waals surface area contributed by atoms with Crippen LogP contribution in [-0.2, 0) is 0 Å². The van der Waals surface area contributed by atoms with Crippen LogP contribution in [0.1, 0.15) is 16.7 Å². The number of benzene rings is 2. The highest BCUT2D eigenvalue weighted by atomic mass is 32.1. The van der Waals surface area contributed by atoms with Gasteiger partial charge >= 0.3 is 0 Å². The molecule has 5 heteroatoms. The fraction of sp³-hybridized carbons (Fsp3) is 0.381. The molecule has 0 spiro atoms. The molecule has 0 aliphatic carbocycles. The van der Waals surface area contributed by atoms with E-state index in [2.05, 4.69) is 60.2 Å². The van der Waals surface area contributed by atoms with E-state index in [1.807, 2.05) is 12.1 Å². The first kappa shape index (κ1) is 18.5. The van der Waals surface area contributed by atoms with Crippen molar-refractivity contribution in [3.05, 3.63) is 53.1 Å². The molecule has 0 amide bonds. The summed E-state index contributed by atoms with van der Waals surface area (Å²) in [6.07, 6.45) is 0. The average Bonchev–Trinajstić information content (AvgIpc) is 2.64. The number of anilines is 2. The maximum Gasteiger partial charge on any atom is 0.173 e. The first-order valence-electron chi connectivity index (χ1n) is 9.01. The van der Waals surface area contributed by atoms with E-state index < -0.39 is 0 Å². The normalized spacial score (nSPS) is 14.3. The van der Waals surface area contributed by atoms with Crippen LogP contribution in [-0.4, -0.2) is 43.3 Å². The van der Waals surface area contributed by atoms with Gasteiger partial charge in [0.25, 0.3) is 0 Å². The Bertz CT molecular complexity index is 798. The molecule has 138 valence electrons. The van der Waals surface area contributed by atoms with Crippen molar-refractivity contribution >= 4 is 28.7 Å². The third-order valence-corrected chi connectivity index (χ3v) is 5.44. The highest BCUT2D eigenvalue weighted by Gasteiger charge is 2.21. The number of rotatable bonds is 3. The van der Waals surface area contributed by atoms with Gasteiger partial charge in [0.15, 0.2) is 5.11 Å². The first-order valence-corrected chi connectivity index (χ1v) is 9.42. The van der Waals surface area contributed by atoms with Crippen LogP contribution in [0.4, 0.5) is 11.4 Å². The molecule has 0 radical (unpaired) electrons. The molecular formula is C21H27N3OS. The second kappa shape index (κ2) is 7.96. The zero-order valence-corrected chi connectivity index (χ0v) is 16.8. The number of methoxy groups -OCH3 is 1. The van der Waals surface area contributed by atoms with Crippen LogP contribution in [0.2, 0.25) is 0 Å². The number of nitrogens with one attached hydrogen (secondary N) is 1. The minimum Gasteiger partial charge on any atom is -0.495 e. The number of hydrogen-bond acceptors (Lipinski definition) is 3. The highest BCUT2D eigenvalue weighted by Crippen LogP contribution is 2.27. The molecule has 3 rings (SSSR count). The average molecular weight is 370 g/mol. The molecule has 0 saturated carbocycles. The van der Waals surface area contributed by atoms with Crippen LogP contribution in [0.15, 0.2) is 36.4 Å². The van der Waals surface area contributed by atoms with Gasteiger partial charge in [0.2, 0.25) is 0 Å². The largest absolute Gasteiger partial charge is 0.495 e. The molecule has 1 aliphatic rings. The van der Waals surface area contributed by atoms with Gasteiger partial charge in [-0.05, 0) is 67.9 Å². The SMILES string of the molecule is COc1ccc(C)cc1NC(=S)N1CCN(c2cccc(C)c2C)CC1. The predicted octanol–water partition coefficient (Wildman–Crippen LogP) is 4.14. The number of aryl methyl sites for hydroxylation is 2. The monoisotopic (exact) mass is 369 g/mol. The van der Waals surface area contributed by atoms with Crippen molar-refractivity contribution in [2.45, 2.75) is 20.8 Å². The molecule has 1 aliphatic heterocycles. The lowest BCUT2D eigenvalue weighted by atomic mass is 10.1. The Morgan fingerprint density at radius 2 is 1.77 bits per heavy atom. The molecule has 1 heterocycles. The molecule has 0 aromatic heterocycles. The van der Waals surface area contributed by atoms with Crippen molar-refractivity contribution in [1.82, 2.24) is 4.90 Å². The van der Waals surface area contributed by atoms with Crippen molar-refractivity contribution < 1.29 is 4.74 Å². The zero-order valence-electron chi connectivity index (χ0n) is 16.0. The van der Waals surface area contributed by atoms with Crippen molar-refractivity contribution in [2.75, 3.05) is 43.5 Å². The molecule has 1 N–H and O–H groups in total. The molecular weight excluding hydrogens is 342 g/mol. The van der Waals surface area contributed by atoms with E-state index in [9.17, 15) is 0 Å². The fourth-order valence-corrected chi connectivity index (χ4v) is 3.63. The highest BCUT2D eigenvalue weighted by molar-refractivity contribution is 7.80. The summed E-state index contributed by atoms with van der Waals surface area (Å²) < 4.78 is 5.44. The van der Waals surface area contributed by atoms with Gasteiger partial charge < -0.3 is 19.9 Å². The van der Waals surface area contributed by atoms with E-state index in [-0.39, 0.29) is 0 Å². The smallest absolute Gasteiger partial charge is 0.173 e. The Labute approximate surface area is 161 Å². The minimum atomic E-state index is 0.759. The lowest BCUT2D eigenvalue weighted by Gasteiger charge is -2.38. The third-order valence-electron chi connectivity index (χ3n) is 5.08. The van der Waals surface area contributed by atoms with E-state index in [1.54, 1.807) is 7.11 Å². The molecule has 1 saturated heterocycles. The summed E-state index contributed by atoms with van der Waals surface area (Å²) in [6, 6.07) is 12.6. The Kier molecular flexibility index (Phi) is 5.67. The molecule has 0 atom stereocenters. The summed E-state index contributed by atoms with van der Waals surface area (Å²) in [7, 11) is 1.68. The number of piperazine rings is 1. The van der Waals surface area contributed by atoms with Gasteiger partial charge in [0.05, 0.1) is 12.8 Å². The Morgan fingerprint density at radius 1 is 1.04 bits per heavy atom. The molecule has 26 heavy (non-hydrogen) atoms. The van der Waals surface area contributed by atoms with Gasteiger partial charge in [0, 0.05) is 31.9 Å². The molecule has 0 bridgehead atoms. The second-order valence-corrected chi connectivity index (χ2v) is 7.21. The van der Waals surface area contributed by atoms with Crippen LogP contribution in [0, 0.1) is 20.8 Å². The number of nitrogens with zero attached hydrogens (tertiary/aromatic N) is 2. The summed E-state index contributed by atoms with van der Waals surface area (Å²) >= 11 is 5.65. The van der Waals surface area contributed by atoms with Crippen molar-refractivity contribution in [1.29, 1.82) is 0 Å². The predicted molar refractivity (Wildman–Crippen MR) is 114 cm³/mol. The van der Waals surface area contributed by atoms with E-state index >= 15 is 0 Å². The maximum absolute atomic E-state index is 5.65. The number of thiocarbonyl (C=S) groups is 1. The van der Waals surface area contributed by atoms with Gasteiger partial charge in [-0.2, -0.15) is 0 Å². The van der Waals surface area contributed by atoms with Crippen LogP contribution < -0.4 is 15.0 Å². The van der Waals surface area contributed by atoms with Crippen molar-refractivity contribution in [3.63, 3.8) is 0 Å². The Balaban J connectivity index is 1.64. The van der Waals surface area contributed by atoms with Gasteiger partial charge in [-0.15, -0.1) is 0 Å². The van der Waals surface area contributed by atoms with Gasteiger partial charge in [0.1, 0.15) is 5.75 Å². The zero-order chi connectivity index (χ0) is 18.7. The standard InChI is InChI=1S/C21H27N3OS/c1-15-8-9-20(25-4)18(14-15)22-21(26)24-12-10-23(11-13-24)19-7-5-6-16(2)17(19)3/h5-9,14H,10-13H2,1-4H3,(H,22,26). The summed E-state index contributed by atoms with van der Waals surface area (Å²) in [6.45, 7) is 10.2. The second-order valence-electron chi connectivity index (χ2n) is 6.83. The van der Waals surface area contributed by atoms with Crippen molar-refractivity contribution in [3.8, 4) is 5.75 Å². The summed E-state index contributed by atoms with van der Waals surface area (Å²) in [5.41, 5.74) is 6.15.